The number of halogens is 1. The van der Waals surface area contributed by atoms with Gasteiger partial charge in [-0.1, -0.05) is 0 Å². The average Bonchev–Trinajstić information content (AvgIpc) is 2.68. The molecule has 18 heavy (non-hydrogen) atoms. The van der Waals surface area contributed by atoms with Crippen molar-refractivity contribution in [2.24, 2.45) is 4.99 Å². The Balaban J connectivity index is 2.27. The van der Waals surface area contributed by atoms with Gasteiger partial charge in [0.05, 0.1) is 0 Å². The standard InChI is InChI=1S/C12H7BrN2O.2Pb/c1-15-10(7-14)6-11-4-8-2-3-9(13)5-12(8)16-11;;/h2-5,10H,6H2;;. The van der Waals surface area contributed by atoms with E-state index in [9.17, 15) is 0 Å². The van der Waals surface area contributed by atoms with Crippen molar-refractivity contribution in [1.82, 2.24) is 0 Å². The first kappa shape index (κ1) is 14.6. The van der Waals surface area contributed by atoms with Crippen LogP contribution >= 0.6 is 15.9 Å². The van der Waals surface area contributed by atoms with Crippen molar-refractivity contribution in [2.45, 2.75) is 12.5 Å². The second kappa shape index (κ2) is 6.61. The molecule has 6 heteroatoms. The number of nitriles is 1. The fraction of sp³-hybridized carbons (Fsp3) is 0.167. The summed E-state index contributed by atoms with van der Waals surface area (Å²) in [4.78, 5) is 4.39. The van der Waals surface area contributed by atoms with Crippen molar-refractivity contribution >= 4 is 79.3 Å². The van der Waals surface area contributed by atoms with Gasteiger partial charge in [-0.25, -0.2) is 0 Å². The normalized spacial score (nSPS) is 12.1. The van der Waals surface area contributed by atoms with Gasteiger partial charge < -0.3 is 0 Å². The monoisotopic (exact) mass is 690 g/mol. The molecule has 0 amide bonds. The van der Waals surface area contributed by atoms with E-state index in [2.05, 4.69) is 27.0 Å². The van der Waals surface area contributed by atoms with Crippen LogP contribution in [0, 0.1) is 11.3 Å². The Hall–Kier alpha value is 0.244. The molecule has 86 valence electrons. The molecule has 1 aromatic carbocycles. The number of benzene rings is 1. The average molecular weight is 690 g/mol. The second-order valence-corrected chi connectivity index (χ2v) is 15.9. The van der Waals surface area contributed by atoms with Crippen LogP contribution in [0.25, 0.3) is 11.0 Å². The minimum absolute atomic E-state index is 0.306. The van der Waals surface area contributed by atoms with Crippen LogP contribution in [0.5, 0.6) is 0 Å². The molecule has 0 spiro atoms. The van der Waals surface area contributed by atoms with Crippen LogP contribution < -0.4 is 0 Å². The van der Waals surface area contributed by atoms with E-state index in [-0.39, 0.29) is 6.04 Å². The number of hydrogen-bond acceptors (Lipinski definition) is 3. The molecule has 3 nitrogen and oxygen atoms in total. The van der Waals surface area contributed by atoms with E-state index in [0.29, 0.717) is 6.42 Å². The van der Waals surface area contributed by atoms with Crippen LogP contribution in [0.4, 0.5) is 0 Å². The Morgan fingerprint density at radius 2 is 2.22 bits per heavy atom. The van der Waals surface area contributed by atoms with Crippen molar-refractivity contribution in [2.75, 3.05) is 0 Å². The molecule has 1 atom stereocenters. The predicted molar refractivity (Wildman–Crippen MR) is 76.0 cm³/mol. The molecule has 6 radical (unpaired) electrons. The topological polar surface area (TPSA) is 49.3 Å². The number of furan rings is 1. The van der Waals surface area contributed by atoms with E-state index >= 15 is 0 Å². The van der Waals surface area contributed by atoms with Gasteiger partial charge in [0.15, 0.2) is 0 Å². The fourth-order valence-electron chi connectivity index (χ4n) is 1.63. The van der Waals surface area contributed by atoms with Gasteiger partial charge in [-0.15, -0.1) is 0 Å². The van der Waals surface area contributed by atoms with Gasteiger partial charge in [-0.2, -0.15) is 0 Å². The minimum atomic E-state index is -0.306. The van der Waals surface area contributed by atoms with Crippen LogP contribution in [0.1, 0.15) is 5.76 Å². The summed E-state index contributed by atoms with van der Waals surface area (Å²) in [5.74, 6) is 0.822. The van der Waals surface area contributed by atoms with E-state index in [1.165, 1.54) is 0.830 Å². The molecule has 2 aromatic rings. The summed E-state index contributed by atoms with van der Waals surface area (Å²) >= 11 is 5.32. The van der Waals surface area contributed by atoms with E-state index in [4.69, 9.17) is 9.68 Å². The molecule has 2 rings (SSSR count). The maximum absolute atomic E-state index is 9.08. The van der Waals surface area contributed by atoms with Gasteiger partial charge in [0.2, 0.25) is 0 Å². The quantitative estimate of drug-likeness (QED) is 0.368. The Kier molecular flexibility index (Phi) is 5.38. The van der Waals surface area contributed by atoms with E-state index in [1.54, 1.807) is 0 Å². The third-order valence-electron chi connectivity index (χ3n) is 2.36. The number of aliphatic imine (C=N–C) groups is 1. The first-order valence-electron chi connectivity index (χ1n) is 5.17. The molecule has 0 saturated heterocycles. The fourth-order valence-corrected chi connectivity index (χ4v) is 3.18. The van der Waals surface area contributed by atoms with E-state index < -0.39 is 0 Å². The van der Waals surface area contributed by atoms with Crippen LogP contribution in [0.15, 0.2) is 38.1 Å². The van der Waals surface area contributed by atoms with Crippen molar-refractivity contribution in [1.29, 1.82) is 5.26 Å². The van der Waals surface area contributed by atoms with Gasteiger partial charge in [0.1, 0.15) is 0 Å². The van der Waals surface area contributed by atoms with Gasteiger partial charge >= 0.3 is 147 Å². The zero-order chi connectivity index (χ0) is 13.1. The summed E-state index contributed by atoms with van der Waals surface area (Å²) in [6.07, 6.45) is 0.552. The summed E-state index contributed by atoms with van der Waals surface area (Å²) in [7, 11) is 0. The SMILES string of the molecule is N#CC(Cc1cc2ccc(Br)cc2o1)N=[C]([Pb])[Pb]. The first-order chi connectivity index (χ1) is 8.58. The predicted octanol–water partition coefficient (Wildman–Crippen LogP) is 2.32. The zero-order valence-corrected chi connectivity index (χ0v) is 18.6. The number of rotatable bonds is 3. The molecule has 0 aliphatic carbocycles. The number of fused-ring (bicyclic) bond motifs is 1. The van der Waals surface area contributed by atoms with Crippen LogP contribution in [0.3, 0.4) is 0 Å². The Morgan fingerprint density at radius 1 is 1.44 bits per heavy atom. The van der Waals surface area contributed by atoms with E-state index in [0.717, 1.165) is 72.7 Å². The molecular formula is C12H7BrN2OPb2. The summed E-state index contributed by atoms with van der Waals surface area (Å²) < 4.78 is 7.91. The summed E-state index contributed by atoms with van der Waals surface area (Å²) in [6.45, 7) is 0. The number of nitrogens with zero attached hydrogens (tertiary/aromatic N) is 2. The number of hydrogen-bond donors (Lipinski definition) is 0. The van der Waals surface area contributed by atoms with Crippen LogP contribution in [-0.2, 0) is 6.42 Å². The molecule has 1 unspecified atom stereocenters. The van der Waals surface area contributed by atoms with Gasteiger partial charge in [0.25, 0.3) is 0 Å². The van der Waals surface area contributed by atoms with Gasteiger partial charge in [-0.05, 0) is 0 Å². The molecule has 0 aliphatic heterocycles. The molecule has 0 aliphatic rings. The van der Waals surface area contributed by atoms with Gasteiger partial charge in [0, 0.05) is 0 Å². The van der Waals surface area contributed by atoms with Crippen molar-refractivity contribution in [3.63, 3.8) is 0 Å². The first-order valence-corrected chi connectivity index (χ1v) is 9.85. The Bertz CT molecular complexity index is 641. The molecule has 0 fully saturated rings. The van der Waals surface area contributed by atoms with Gasteiger partial charge in [-0.3, -0.25) is 0 Å². The summed E-state index contributed by atoms with van der Waals surface area (Å²) in [6, 6.07) is 9.83. The maximum atomic E-state index is 9.08. The van der Waals surface area contributed by atoms with Crippen LogP contribution in [0.2, 0.25) is 0 Å². The zero-order valence-electron chi connectivity index (χ0n) is 9.27. The third-order valence-corrected chi connectivity index (χ3v) is 3.86. The van der Waals surface area contributed by atoms with Crippen molar-refractivity contribution in [3.05, 3.63) is 34.5 Å². The van der Waals surface area contributed by atoms with Crippen LogP contribution in [-0.4, -0.2) is 58.4 Å². The van der Waals surface area contributed by atoms with Crippen molar-refractivity contribution in [3.8, 4) is 6.07 Å². The Labute approximate surface area is 145 Å². The molecular weight excluding hydrogens is 682 g/mol. The van der Waals surface area contributed by atoms with Crippen molar-refractivity contribution < 1.29 is 4.42 Å². The summed E-state index contributed by atoms with van der Waals surface area (Å²) in [5.41, 5.74) is 0.844. The second-order valence-electron chi connectivity index (χ2n) is 3.72. The molecule has 1 aromatic heterocycles. The Morgan fingerprint density at radius 3 is 2.89 bits per heavy atom. The molecule has 0 saturated carbocycles. The molecule has 0 N–H and O–H groups in total. The third kappa shape index (κ3) is 3.87. The summed E-state index contributed by atoms with van der Waals surface area (Å²) in [5, 5.41) is 10.1. The molecule has 0 bridgehead atoms. The van der Waals surface area contributed by atoms with E-state index in [1.807, 2.05) is 24.3 Å². The molecule has 1 heterocycles.